The van der Waals surface area contributed by atoms with Crippen LogP contribution in [0.5, 0.6) is 6.01 Å². The second kappa shape index (κ2) is 9.53. The Kier molecular flexibility index (Phi) is 5.84. The third-order valence-corrected chi connectivity index (χ3v) is 8.07. The minimum atomic E-state index is -0.650. The number of anilines is 1. The van der Waals surface area contributed by atoms with Crippen LogP contribution < -0.4 is 10.1 Å². The predicted octanol–water partition coefficient (Wildman–Crippen LogP) is 5.47. The minimum absolute atomic E-state index is 0.00880. The van der Waals surface area contributed by atoms with E-state index < -0.39 is 11.6 Å². The summed E-state index contributed by atoms with van der Waals surface area (Å²) < 4.78 is 37.3. The standard InChI is InChI=1S/C29H27F2N7O/c30-22-8-2-6-19-5-1-7-20(23(19)22)25-24(31)26-21(16-32-25)27(33-13-18-14-34-35-15-18)37-28(36-26)39-17-29-9-3-11-38(29)12-4-10-29/h1-2,5-8,14-16H,3-4,9-13,17H2,(H,34,35)(H,33,36,37). The number of hydrogen-bond acceptors (Lipinski definition) is 7. The summed E-state index contributed by atoms with van der Waals surface area (Å²) in [6.07, 6.45) is 9.43. The zero-order valence-corrected chi connectivity index (χ0v) is 21.3. The molecule has 0 saturated carbocycles. The molecule has 2 aromatic carbocycles. The van der Waals surface area contributed by atoms with Crippen LogP contribution in [0.25, 0.3) is 32.9 Å². The van der Waals surface area contributed by atoms with Crippen molar-refractivity contribution in [3.8, 4) is 17.3 Å². The molecule has 3 aromatic heterocycles. The third kappa shape index (κ3) is 4.15. The van der Waals surface area contributed by atoms with Crippen LogP contribution in [0.4, 0.5) is 14.6 Å². The Bertz CT molecular complexity index is 1660. The van der Waals surface area contributed by atoms with Gasteiger partial charge in [-0.25, -0.2) is 8.78 Å². The minimum Gasteiger partial charge on any atom is -0.461 e. The maximum absolute atomic E-state index is 16.3. The zero-order chi connectivity index (χ0) is 26.4. The van der Waals surface area contributed by atoms with Crippen molar-refractivity contribution in [1.29, 1.82) is 0 Å². The first-order chi connectivity index (χ1) is 19.1. The van der Waals surface area contributed by atoms with E-state index >= 15 is 4.39 Å². The number of pyridine rings is 1. The molecule has 0 amide bonds. The molecule has 7 rings (SSSR count). The highest BCUT2D eigenvalue weighted by molar-refractivity contribution is 5.99. The topological polar surface area (TPSA) is 91.9 Å². The van der Waals surface area contributed by atoms with Crippen molar-refractivity contribution in [2.45, 2.75) is 37.8 Å². The van der Waals surface area contributed by atoms with Crippen LogP contribution in [0.3, 0.4) is 0 Å². The molecule has 2 aliphatic heterocycles. The van der Waals surface area contributed by atoms with Crippen molar-refractivity contribution in [2.75, 3.05) is 25.0 Å². The normalized spacial score (nSPS) is 16.7. The van der Waals surface area contributed by atoms with Crippen LogP contribution in [0.15, 0.2) is 55.0 Å². The Balaban J connectivity index is 1.32. The molecule has 2 fully saturated rings. The summed E-state index contributed by atoms with van der Waals surface area (Å²) in [5.41, 5.74) is 1.36. The Morgan fingerprint density at radius 3 is 2.64 bits per heavy atom. The van der Waals surface area contributed by atoms with E-state index in [1.807, 2.05) is 0 Å². The Hall–Kier alpha value is -4.18. The van der Waals surface area contributed by atoms with Crippen LogP contribution in [0.1, 0.15) is 31.2 Å². The van der Waals surface area contributed by atoms with Gasteiger partial charge in [-0.3, -0.25) is 15.0 Å². The lowest BCUT2D eigenvalue weighted by Crippen LogP contribution is -2.43. The number of halogens is 2. The van der Waals surface area contributed by atoms with Crippen LogP contribution in [0.2, 0.25) is 0 Å². The number of H-pyrrole nitrogens is 1. The summed E-state index contributed by atoms with van der Waals surface area (Å²) in [7, 11) is 0. The first-order valence-electron chi connectivity index (χ1n) is 13.2. The number of fused-ring (bicyclic) bond motifs is 3. The van der Waals surface area contributed by atoms with Gasteiger partial charge in [0.1, 0.15) is 29.5 Å². The maximum Gasteiger partial charge on any atom is 0.319 e. The highest BCUT2D eigenvalue weighted by atomic mass is 19.1. The molecule has 0 bridgehead atoms. The fourth-order valence-electron chi connectivity index (χ4n) is 6.14. The lowest BCUT2D eigenvalue weighted by Gasteiger charge is -2.31. The van der Waals surface area contributed by atoms with Gasteiger partial charge in [0.2, 0.25) is 0 Å². The Morgan fingerprint density at radius 1 is 1.03 bits per heavy atom. The molecule has 2 saturated heterocycles. The number of nitrogens with zero attached hydrogens (tertiary/aromatic N) is 5. The summed E-state index contributed by atoms with van der Waals surface area (Å²) in [6.45, 7) is 3.01. The van der Waals surface area contributed by atoms with Gasteiger partial charge >= 0.3 is 6.01 Å². The molecule has 5 heterocycles. The van der Waals surface area contributed by atoms with E-state index in [0.717, 1.165) is 44.3 Å². The number of nitrogens with one attached hydrogen (secondary N) is 2. The molecule has 0 spiro atoms. The van der Waals surface area contributed by atoms with Gasteiger partial charge in [-0.15, -0.1) is 0 Å². The third-order valence-electron chi connectivity index (χ3n) is 8.07. The van der Waals surface area contributed by atoms with Gasteiger partial charge in [-0.05, 0) is 50.2 Å². The first kappa shape index (κ1) is 23.9. The van der Waals surface area contributed by atoms with Crippen molar-refractivity contribution in [3.05, 3.63) is 72.2 Å². The van der Waals surface area contributed by atoms with E-state index in [-0.39, 0.29) is 22.8 Å². The lowest BCUT2D eigenvalue weighted by molar-refractivity contribution is 0.108. The fourth-order valence-corrected chi connectivity index (χ4v) is 6.14. The molecule has 10 heteroatoms. The molecule has 0 atom stereocenters. The molecule has 198 valence electrons. The summed E-state index contributed by atoms with van der Waals surface area (Å²) in [5, 5.41) is 11.4. The van der Waals surface area contributed by atoms with E-state index in [1.165, 1.54) is 12.3 Å². The summed E-state index contributed by atoms with van der Waals surface area (Å²) in [4.78, 5) is 16.1. The Labute approximate surface area is 223 Å². The smallest absolute Gasteiger partial charge is 0.319 e. The van der Waals surface area contributed by atoms with Gasteiger partial charge in [0, 0.05) is 35.5 Å². The van der Waals surface area contributed by atoms with E-state index in [9.17, 15) is 4.39 Å². The van der Waals surface area contributed by atoms with Crippen molar-refractivity contribution >= 4 is 27.5 Å². The van der Waals surface area contributed by atoms with E-state index in [0.29, 0.717) is 40.7 Å². The molecule has 0 aliphatic carbocycles. The molecule has 0 radical (unpaired) electrons. The number of aromatic amines is 1. The molecular formula is C29H27F2N7O. The lowest BCUT2D eigenvalue weighted by atomic mass is 9.95. The van der Waals surface area contributed by atoms with Gasteiger partial charge in [-0.2, -0.15) is 15.1 Å². The second-order valence-electron chi connectivity index (χ2n) is 10.3. The number of rotatable bonds is 7. The molecule has 2 aliphatic rings. The molecule has 8 nitrogen and oxygen atoms in total. The first-order valence-corrected chi connectivity index (χ1v) is 13.2. The Morgan fingerprint density at radius 2 is 1.85 bits per heavy atom. The average Bonchev–Trinajstić information content (AvgIpc) is 3.69. The second-order valence-corrected chi connectivity index (χ2v) is 10.3. The van der Waals surface area contributed by atoms with Crippen LogP contribution in [-0.2, 0) is 6.54 Å². The average molecular weight is 528 g/mol. The van der Waals surface area contributed by atoms with Gasteiger partial charge < -0.3 is 10.1 Å². The number of benzene rings is 2. The van der Waals surface area contributed by atoms with Gasteiger partial charge in [0.25, 0.3) is 0 Å². The van der Waals surface area contributed by atoms with Crippen LogP contribution >= 0.6 is 0 Å². The van der Waals surface area contributed by atoms with Gasteiger partial charge in [0.05, 0.1) is 17.1 Å². The summed E-state index contributed by atoms with van der Waals surface area (Å²) in [5.74, 6) is -0.677. The number of ether oxygens (including phenoxy) is 1. The zero-order valence-electron chi connectivity index (χ0n) is 21.3. The van der Waals surface area contributed by atoms with E-state index in [4.69, 9.17) is 4.74 Å². The molecule has 0 unspecified atom stereocenters. The van der Waals surface area contributed by atoms with Crippen LogP contribution in [-0.4, -0.2) is 55.3 Å². The quantitative estimate of drug-likeness (QED) is 0.290. The van der Waals surface area contributed by atoms with Crippen LogP contribution in [0, 0.1) is 11.6 Å². The number of aromatic nitrogens is 5. The maximum atomic E-state index is 16.3. The highest BCUT2D eigenvalue weighted by Gasteiger charge is 2.45. The summed E-state index contributed by atoms with van der Waals surface area (Å²) in [6, 6.07) is 10.1. The monoisotopic (exact) mass is 527 g/mol. The highest BCUT2D eigenvalue weighted by Crippen LogP contribution is 2.39. The fraction of sp³-hybridized carbons (Fsp3) is 0.310. The van der Waals surface area contributed by atoms with Gasteiger partial charge in [0.15, 0.2) is 5.82 Å². The van der Waals surface area contributed by atoms with Gasteiger partial charge in [-0.1, -0.05) is 30.3 Å². The SMILES string of the molecule is Fc1c(-c2cccc3cccc(F)c23)ncc2c(NCc3cn[nH]c3)nc(OCC34CCCN3CCC4)nc12. The number of hydrogen-bond donors (Lipinski definition) is 2. The van der Waals surface area contributed by atoms with E-state index in [1.54, 1.807) is 42.7 Å². The van der Waals surface area contributed by atoms with Crippen molar-refractivity contribution in [2.24, 2.45) is 0 Å². The predicted molar refractivity (Wildman–Crippen MR) is 144 cm³/mol. The van der Waals surface area contributed by atoms with Crippen molar-refractivity contribution in [3.63, 3.8) is 0 Å². The molecular weight excluding hydrogens is 500 g/mol. The molecule has 2 N–H and O–H groups in total. The van der Waals surface area contributed by atoms with E-state index in [2.05, 4.69) is 35.4 Å². The van der Waals surface area contributed by atoms with Crippen molar-refractivity contribution < 1.29 is 13.5 Å². The van der Waals surface area contributed by atoms with Crippen molar-refractivity contribution in [1.82, 2.24) is 30.0 Å². The molecule has 39 heavy (non-hydrogen) atoms. The summed E-state index contributed by atoms with van der Waals surface area (Å²) >= 11 is 0. The largest absolute Gasteiger partial charge is 0.461 e. The molecule has 5 aromatic rings.